The maximum atomic E-state index is 12.1. The molecule has 2 rings (SSSR count). The maximum absolute atomic E-state index is 12.1. The van der Waals surface area contributed by atoms with Crippen molar-refractivity contribution < 1.29 is 4.79 Å². The molecule has 0 atom stereocenters. The van der Waals surface area contributed by atoms with Crippen molar-refractivity contribution in [2.45, 2.75) is 0 Å². The summed E-state index contributed by atoms with van der Waals surface area (Å²) >= 11 is 17.7. The summed E-state index contributed by atoms with van der Waals surface area (Å²) in [5.74, 6) is -0.563. The summed E-state index contributed by atoms with van der Waals surface area (Å²) in [5.41, 5.74) is 0.906. The number of hydrogen-bond donors (Lipinski definition) is 2. The minimum Gasteiger partial charge on any atom is -0.359 e. The molecule has 0 fully saturated rings. The molecule has 0 aliphatic carbocycles. The van der Waals surface area contributed by atoms with Crippen molar-refractivity contribution in [3.8, 4) is 6.07 Å². The summed E-state index contributed by atoms with van der Waals surface area (Å²) in [4.78, 5) is 12.1. The van der Waals surface area contributed by atoms with Crippen molar-refractivity contribution >= 4 is 52.1 Å². The Bertz CT molecular complexity index is 812. The molecule has 0 bridgehead atoms. The Morgan fingerprint density at radius 1 is 1.09 bits per heavy atom. The number of hydrogen-bond acceptors (Lipinski definition) is 3. The first-order valence-corrected chi connectivity index (χ1v) is 7.52. The van der Waals surface area contributed by atoms with Gasteiger partial charge in [0.1, 0.15) is 11.6 Å². The van der Waals surface area contributed by atoms with Gasteiger partial charge < -0.3 is 10.6 Å². The second-order valence-corrected chi connectivity index (χ2v) is 5.68. The van der Waals surface area contributed by atoms with Crippen LogP contribution in [0.25, 0.3) is 0 Å². The van der Waals surface area contributed by atoms with E-state index in [2.05, 4.69) is 10.6 Å². The molecule has 23 heavy (non-hydrogen) atoms. The third kappa shape index (κ3) is 4.90. The summed E-state index contributed by atoms with van der Waals surface area (Å²) in [6.45, 7) is 0. The molecule has 0 heterocycles. The first-order valence-electron chi connectivity index (χ1n) is 6.38. The number of anilines is 2. The highest BCUT2D eigenvalue weighted by molar-refractivity contribution is 6.36. The van der Waals surface area contributed by atoms with Gasteiger partial charge in [0.15, 0.2) is 0 Å². The van der Waals surface area contributed by atoms with Crippen molar-refractivity contribution in [3.63, 3.8) is 0 Å². The quantitative estimate of drug-likeness (QED) is 0.584. The zero-order valence-electron chi connectivity index (χ0n) is 11.6. The van der Waals surface area contributed by atoms with Gasteiger partial charge in [0.2, 0.25) is 0 Å². The molecule has 0 saturated heterocycles. The number of rotatable bonds is 4. The third-order valence-electron chi connectivity index (χ3n) is 2.75. The number of halogens is 3. The second-order valence-electron chi connectivity index (χ2n) is 4.40. The zero-order valence-corrected chi connectivity index (χ0v) is 13.9. The number of nitrogens with one attached hydrogen (secondary N) is 2. The molecule has 4 nitrogen and oxygen atoms in total. The molecular weight excluding hydrogens is 357 g/mol. The largest absolute Gasteiger partial charge is 0.359 e. The van der Waals surface area contributed by atoms with Crippen molar-refractivity contribution in [3.05, 3.63) is 69.3 Å². The lowest BCUT2D eigenvalue weighted by atomic mass is 10.2. The number of carbonyl (C=O) groups is 1. The van der Waals surface area contributed by atoms with E-state index in [4.69, 9.17) is 40.1 Å². The fraction of sp³-hybridized carbons (Fsp3) is 0. The molecule has 0 unspecified atom stereocenters. The van der Waals surface area contributed by atoms with Crippen LogP contribution in [0, 0.1) is 11.3 Å². The van der Waals surface area contributed by atoms with Gasteiger partial charge in [-0.2, -0.15) is 5.26 Å². The molecule has 2 N–H and O–H groups in total. The molecule has 0 aliphatic rings. The van der Waals surface area contributed by atoms with Gasteiger partial charge >= 0.3 is 0 Å². The molecule has 2 aromatic carbocycles. The Labute approximate surface area is 148 Å². The predicted molar refractivity (Wildman–Crippen MR) is 93.9 cm³/mol. The van der Waals surface area contributed by atoms with E-state index < -0.39 is 5.91 Å². The second kappa shape index (κ2) is 7.89. The molecule has 0 spiro atoms. The van der Waals surface area contributed by atoms with Gasteiger partial charge in [-0.15, -0.1) is 0 Å². The monoisotopic (exact) mass is 365 g/mol. The highest BCUT2D eigenvalue weighted by atomic mass is 35.5. The van der Waals surface area contributed by atoms with Crippen LogP contribution < -0.4 is 10.6 Å². The SMILES string of the molecule is N#C/C(=C/Nc1ccc(Cl)cc1Cl)C(=O)Nc1cccc(Cl)c1. The summed E-state index contributed by atoms with van der Waals surface area (Å²) in [5, 5.41) is 15.9. The molecule has 0 aromatic heterocycles. The average molecular weight is 367 g/mol. The first kappa shape index (κ1) is 17.2. The van der Waals surface area contributed by atoms with Crippen molar-refractivity contribution in [1.82, 2.24) is 0 Å². The van der Waals surface area contributed by atoms with Crippen LogP contribution in [0.1, 0.15) is 0 Å². The lowest BCUT2D eigenvalue weighted by molar-refractivity contribution is -0.112. The van der Waals surface area contributed by atoms with Gasteiger partial charge in [-0.05, 0) is 36.4 Å². The number of nitrogens with zero attached hydrogens (tertiary/aromatic N) is 1. The number of carbonyl (C=O) groups excluding carboxylic acids is 1. The smallest absolute Gasteiger partial charge is 0.267 e. The van der Waals surface area contributed by atoms with Crippen LogP contribution >= 0.6 is 34.8 Å². The van der Waals surface area contributed by atoms with E-state index in [1.165, 1.54) is 6.20 Å². The Balaban J connectivity index is 2.12. The normalized spacial score (nSPS) is 10.8. The van der Waals surface area contributed by atoms with Gasteiger partial charge in [-0.25, -0.2) is 0 Å². The molecule has 0 aliphatic heterocycles. The molecule has 1 amide bonds. The van der Waals surface area contributed by atoms with Crippen molar-refractivity contribution in [2.75, 3.05) is 10.6 Å². The van der Waals surface area contributed by atoms with Crippen LogP contribution in [0.15, 0.2) is 54.2 Å². The number of benzene rings is 2. The van der Waals surface area contributed by atoms with Gasteiger partial charge in [-0.1, -0.05) is 40.9 Å². The zero-order chi connectivity index (χ0) is 16.8. The summed E-state index contributed by atoms with van der Waals surface area (Å²) in [6, 6.07) is 13.3. The molecule has 2 aromatic rings. The van der Waals surface area contributed by atoms with E-state index in [0.717, 1.165) is 0 Å². The van der Waals surface area contributed by atoms with Crippen molar-refractivity contribution in [1.29, 1.82) is 5.26 Å². The van der Waals surface area contributed by atoms with Crippen LogP contribution in [-0.2, 0) is 4.79 Å². The highest BCUT2D eigenvalue weighted by Crippen LogP contribution is 2.25. The summed E-state index contributed by atoms with van der Waals surface area (Å²) in [6.07, 6.45) is 1.27. The molecular formula is C16H10Cl3N3O. The Morgan fingerprint density at radius 2 is 1.83 bits per heavy atom. The predicted octanol–water partition coefficient (Wildman–Crippen LogP) is 5.10. The molecule has 0 radical (unpaired) electrons. The Kier molecular flexibility index (Phi) is 5.89. The lowest BCUT2D eigenvalue weighted by Crippen LogP contribution is -2.14. The minimum absolute atomic E-state index is 0.115. The van der Waals surface area contributed by atoms with Gasteiger partial charge in [0.25, 0.3) is 5.91 Å². The number of nitriles is 1. The van der Waals surface area contributed by atoms with E-state index in [9.17, 15) is 4.79 Å². The van der Waals surface area contributed by atoms with Crippen LogP contribution in [0.4, 0.5) is 11.4 Å². The van der Waals surface area contributed by atoms with Crippen LogP contribution in [0.2, 0.25) is 15.1 Å². The summed E-state index contributed by atoms with van der Waals surface area (Å²) in [7, 11) is 0. The molecule has 116 valence electrons. The van der Waals surface area contributed by atoms with E-state index in [1.807, 2.05) is 6.07 Å². The third-order valence-corrected chi connectivity index (χ3v) is 3.53. The topological polar surface area (TPSA) is 64.9 Å². The average Bonchev–Trinajstić information content (AvgIpc) is 2.49. The maximum Gasteiger partial charge on any atom is 0.267 e. The summed E-state index contributed by atoms with van der Waals surface area (Å²) < 4.78 is 0. The van der Waals surface area contributed by atoms with Gasteiger partial charge in [0.05, 0.1) is 10.7 Å². The van der Waals surface area contributed by atoms with Crippen LogP contribution in [-0.4, -0.2) is 5.91 Å². The van der Waals surface area contributed by atoms with E-state index >= 15 is 0 Å². The standard InChI is InChI=1S/C16H10Cl3N3O/c17-11-2-1-3-13(6-11)22-16(23)10(8-20)9-21-15-5-4-12(18)7-14(15)19/h1-7,9,21H,(H,22,23)/b10-9-. The fourth-order valence-corrected chi connectivity index (χ4v) is 2.32. The van der Waals surface area contributed by atoms with Gasteiger partial charge in [0, 0.05) is 21.9 Å². The first-order chi connectivity index (χ1) is 11.0. The van der Waals surface area contributed by atoms with Crippen molar-refractivity contribution in [2.24, 2.45) is 0 Å². The van der Waals surface area contributed by atoms with Crippen LogP contribution in [0.3, 0.4) is 0 Å². The fourth-order valence-electron chi connectivity index (χ4n) is 1.67. The Hall–Kier alpha value is -2.19. The number of amides is 1. The highest BCUT2D eigenvalue weighted by Gasteiger charge is 2.10. The molecule has 7 heteroatoms. The lowest BCUT2D eigenvalue weighted by Gasteiger charge is -2.07. The van der Waals surface area contributed by atoms with E-state index in [-0.39, 0.29) is 5.57 Å². The minimum atomic E-state index is -0.563. The van der Waals surface area contributed by atoms with E-state index in [1.54, 1.807) is 42.5 Å². The van der Waals surface area contributed by atoms with Gasteiger partial charge in [-0.3, -0.25) is 4.79 Å². The molecule has 0 saturated carbocycles. The van der Waals surface area contributed by atoms with E-state index in [0.29, 0.717) is 26.4 Å². The van der Waals surface area contributed by atoms with Crippen LogP contribution in [0.5, 0.6) is 0 Å². The Morgan fingerprint density at radius 3 is 2.48 bits per heavy atom.